The van der Waals surface area contributed by atoms with Crippen LogP contribution in [0.3, 0.4) is 0 Å². The Morgan fingerprint density at radius 2 is 0.602 bits per heavy atom. The third kappa shape index (κ3) is 68.8. The van der Waals surface area contributed by atoms with E-state index in [1.807, 2.05) is 6.08 Å². The van der Waals surface area contributed by atoms with E-state index in [2.05, 4.69) is 55.6 Å². The van der Waals surface area contributed by atoms with Crippen molar-refractivity contribution in [2.24, 2.45) is 0 Å². The van der Waals surface area contributed by atoms with E-state index in [1.165, 1.54) is 327 Å². The topological polar surface area (TPSA) is 95.9 Å². The van der Waals surface area contributed by atoms with Crippen molar-refractivity contribution in [3.05, 3.63) is 48.6 Å². The molecule has 83 heavy (non-hydrogen) atoms. The normalized spacial score (nSPS) is 12.8. The largest absolute Gasteiger partial charge is 0.466 e. The molecule has 0 radical (unpaired) electrons. The fourth-order valence-electron chi connectivity index (χ4n) is 11.6. The van der Waals surface area contributed by atoms with Crippen molar-refractivity contribution >= 4 is 11.9 Å². The summed E-state index contributed by atoms with van der Waals surface area (Å²) in [5.41, 5.74) is 0. The lowest BCUT2D eigenvalue weighted by Gasteiger charge is -2.20. The molecule has 0 aliphatic carbocycles. The lowest BCUT2D eigenvalue weighted by atomic mass is 10.0. The predicted molar refractivity (Wildman–Crippen MR) is 366 cm³/mol. The number of unbranched alkanes of at least 4 members (excludes halogenated alkanes) is 53. The van der Waals surface area contributed by atoms with Crippen molar-refractivity contribution in [1.29, 1.82) is 0 Å². The Balaban J connectivity index is 3.43. The summed E-state index contributed by atoms with van der Waals surface area (Å²) in [6, 6.07) is -0.634. The number of hydrogen-bond acceptors (Lipinski definition) is 5. The number of ether oxygens (including phenoxy) is 1. The van der Waals surface area contributed by atoms with E-state index in [9.17, 15) is 19.8 Å². The molecule has 0 saturated heterocycles. The molecule has 0 aromatic carbocycles. The first kappa shape index (κ1) is 80.8. The van der Waals surface area contributed by atoms with Crippen molar-refractivity contribution in [1.82, 2.24) is 5.32 Å². The van der Waals surface area contributed by atoms with Crippen LogP contribution in [-0.2, 0) is 14.3 Å². The molecule has 0 aromatic rings. The molecular formula is C77H145NO5. The molecule has 0 spiro atoms. The number of carbonyl (C=O) groups excluding carboxylic acids is 2. The average Bonchev–Trinajstić information content (AvgIpc) is 3.49. The van der Waals surface area contributed by atoms with Crippen molar-refractivity contribution in [3.63, 3.8) is 0 Å². The Morgan fingerprint density at radius 3 is 0.952 bits per heavy atom. The lowest BCUT2D eigenvalue weighted by Crippen LogP contribution is -2.45. The smallest absolute Gasteiger partial charge is 0.305 e. The van der Waals surface area contributed by atoms with Crippen LogP contribution in [0.2, 0.25) is 0 Å². The van der Waals surface area contributed by atoms with Crippen LogP contribution in [0, 0.1) is 0 Å². The van der Waals surface area contributed by atoms with Gasteiger partial charge in [-0.3, -0.25) is 9.59 Å². The average molecular weight is 1170 g/mol. The van der Waals surface area contributed by atoms with Crippen molar-refractivity contribution in [3.8, 4) is 0 Å². The van der Waals surface area contributed by atoms with Crippen LogP contribution in [0.15, 0.2) is 48.6 Å². The van der Waals surface area contributed by atoms with Crippen molar-refractivity contribution in [2.45, 2.75) is 418 Å². The second-order valence-electron chi connectivity index (χ2n) is 25.6. The van der Waals surface area contributed by atoms with Gasteiger partial charge in [-0.2, -0.15) is 0 Å². The zero-order valence-corrected chi connectivity index (χ0v) is 55.9. The molecule has 2 unspecified atom stereocenters. The standard InChI is InChI=1S/C77H145NO5/c1-3-5-7-9-11-13-15-17-19-21-22-23-24-25-28-31-34-38-41-45-49-53-57-61-65-69-75(80)74(73-79)78-76(81)70-66-62-58-54-50-46-42-39-35-32-29-26-27-30-33-36-40-44-48-52-56-60-64-68-72-83-77(82)71-67-63-59-55-51-47-43-37-20-18-16-14-12-10-8-6-4-2/h12,14,18,20,29,32,65,69,74-75,79-80H,3-11,13,15-17,19,21-28,30-31,33-64,66-68,70-73H2,1-2H3,(H,78,81)/b14-12-,20-18-,32-29-,69-65+. The molecule has 3 N–H and O–H groups in total. The molecule has 0 heterocycles. The van der Waals surface area contributed by atoms with Crippen LogP contribution in [0.25, 0.3) is 0 Å². The highest BCUT2D eigenvalue weighted by Gasteiger charge is 2.18. The molecule has 488 valence electrons. The fourth-order valence-corrected chi connectivity index (χ4v) is 11.6. The minimum absolute atomic E-state index is 0.00475. The van der Waals surface area contributed by atoms with Crippen LogP contribution in [0.4, 0.5) is 0 Å². The van der Waals surface area contributed by atoms with Crippen LogP contribution in [0.1, 0.15) is 406 Å². The highest BCUT2D eigenvalue weighted by Crippen LogP contribution is 2.19. The molecule has 2 atom stereocenters. The molecular weight excluding hydrogens is 1020 g/mol. The number of nitrogens with one attached hydrogen (secondary N) is 1. The number of hydrogen-bond donors (Lipinski definition) is 3. The maximum atomic E-state index is 12.5. The third-order valence-electron chi connectivity index (χ3n) is 17.3. The summed E-state index contributed by atoms with van der Waals surface area (Å²) in [6.07, 6.45) is 94.9. The number of amides is 1. The second kappa shape index (κ2) is 72.3. The monoisotopic (exact) mass is 1160 g/mol. The SMILES string of the molecule is CCCCC/C=C\C/C=C\CCCCCCCCCC(=O)OCCCCCCCCCCCCCC/C=C\CCCCCCCCCCC(=O)NC(CO)C(O)/C=C/CCCCCCCCCCCCCCCCCCCCCCCCC. The summed E-state index contributed by atoms with van der Waals surface area (Å²) < 4.78 is 5.50. The van der Waals surface area contributed by atoms with E-state index < -0.39 is 12.1 Å². The number of aliphatic hydroxyl groups is 2. The number of carbonyl (C=O) groups is 2. The third-order valence-corrected chi connectivity index (χ3v) is 17.3. The summed E-state index contributed by atoms with van der Waals surface area (Å²) in [7, 11) is 0. The zero-order valence-electron chi connectivity index (χ0n) is 55.9. The van der Waals surface area contributed by atoms with Crippen molar-refractivity contribution in [2.75, 3.05) is 13.2 Å². The number of esters is 1. The molecule has 6 nitrogen and oxygen atoms in total. The van der Waals surface area contributed by atoms with Gasteiger partial charge in [0.05, 0.1) is 25.4 Å². The second-order valence-corrected chi connectivity index (χ2v) is 25.6. The van der Waals surface area contributed by atoms with E-state index in [0.717, 1.165) is 51.4 Å². The first-order chi connectivity index (χ1) is 41.0. The minimum Gasteiger partial charge on any atom is -0.466 e. The predicted octanol–water partition coefficient (Wildman–Crippen LogP) is 24.4. The molecule has 0 aliphatic rings. The first-order valence-corrected chi connectivity index (χ1v) is 37.4. The van der Waals surface area contributed by atoms with Gasteiger partial charge in [-0.05, 0) is 89.9 Å². The van der Waals surface area contributed by atoms with Gasteiger partial charge in [-0.1, -0.05) is 351 Å². The molecule has 6 heteroatoms. The summed E-state index contributed by atoms with van der Waals surface area (Å²) in [6.45, 7) is 4.91. The van der Waals surface area contributed by atoms with Crippen LogP contribution >= 0.6 is 0 Å². The summed E-state index contributed by atoms with van der Waals surface area (Å²) in [5, 5.41) is 23.3. The quantitative estimate of drug-likeness (QED) is 0.0320. The van der Waals surface area contributed by atoms with Gasteiger partial charge in [0.2, 0.25) is 5.91 Å². The van der Waals surface area contributed by atoms with E-state index in [4.69, 9.17) is 4.74 Å². The molecule has 0 aromatic heterocycles. The van der Waals surface area contributed by atoms with Gasteiger partial charge in [-0.15, -0.1) is 0 Å². The molecule has 0 bridgehead atoms. The van der Waals surface area contributed by atoms with Gasteiger partial charge in [-0.25, -0.2) is 0 Å². The van der Waals surface area contributed by atoms with Gasteiger partial charge in [0, 0.05) is 12.8 Å². The van der Waals surface area contributed by atoms with Gasteiger partial charge < -0.3 is 20.3 Å². The zero-order chi connectivity index (χ0) is 59.9. The Labute approximate surface area is 518 Å². The number of rotatable bonds is 70. The Hall–Kier alpha value is -2.18. The maximum absolute atomic E-state index is 12.5. The van der Waals surface area contributed by atoms with Crippen LogP contribution in [-0.4, -0.2) is 47.4 Å². The molecule has 1 amide bonds. The van der Waals surface area contributed by atoms with Gasteiger partial charge >= 0.3 is 5.97 Å². The Morgan fingerprint density at radius 1 is 0.337 bits per heavy atom. The van der Waals surface area contributed by atoms with E-state index in [1.54, 1.807) is 6.08 Å². The van der Waals surface area contributed by atoms with E-state index >= 15 is 0 Å². The first-order valence-electron chi connectivity index (χ1n) is 37.4. The highest BCUT2D eigenvalue weighted by atomic mass is 16.5. The van der Waals surface area contributed by atoms with Crippen molar-refractivity contribution < 1.29 is 24.5 Å². The molecule has 0 rings (SSSR count). The number of allylic oxidation sites excluding steroid dienone is 7. The Kier molecular flexibility index (Phi) is 70.4. The maximum Gasteiger partial charge on any atom is 0.305 e. The summed E-state index contributed by atoms with van der Waals surface area (Å²) in [5.74, 6) is -0.0639. The van der Waals surface area contributed by atoms with Gasteiger partial charge in [0.25, 0.3) is 0 Å². The highest BCUT2D eigenvalue weighted by molar-refractivity contribution is 5.76. The molecule has 0 aliphatic heterocycles. The van der Waals surface area contributed by atoms with Gasteiger partial charge in [0.15, 0.2) is 0 Å². The van der Waals surface area contributed by atoms with Gasteiger partial charge in [0.1, 0.15) is 0 Å². The fraction of sp³-hybridized carbons (Fsp3) is 0.870. The van der Waals surface area contributed by atoms with E-state index in [-0.39, 0.29) is 18.5 Å². The molecule has 0 saturated carbocycles. The Bertz CT molecular complexity index is 1390. The summed E-state index contributed by atoms with van der Waals surface area (Å²) in [4.78, 5) is 24.6. The number of aliphatic hydroxyl groups excluding tert-OH is 2. The van der Waals surface area contributed by atoms with Crippen LogP contribution < -0.4 is 5.32 Å². The minimum atomic E-state index is -0.850. The van der Waals surface area contributed by atoms with Crippen LogP contribution in [0.5, 0.6) is 0 Å². The van der Waals surface area contributed by atoms with E-state index in [0.29, 0.717) is 19.4 Å². The summed E-state index contributed by atoms with van der Waals surface area (Å²) >= 11 is 0. The molecule has 0 fully saturated rings. The lowest BCUT2D eigenvalue weighted by molar-refractivity contribution is -0.143.